The number of rotatable bonds is 7. The van der Waals surface area contributed by atoms with Crippen molar-refractivity contribution in [1.29, 1.82) is 0 Å². The largest absolute Gasteiger partial charge is 0.457 e. The molecule has 0 aliphatic carbocycles. The van der Waals surface area contributed by atoms with Gasteiger partial charge in [-0.15, -0.1) is 0 Å². The first-order valence-corrected chi connectivity index (χ1v) is 10.5. The molecule has 0 bridgehead atoms. The fourth-order valence-corrected chi connectivity index (χ4v) is 3.49. The lowest BCUT2D eigenvalue weighted by Crippen LogP contribution is -2.08. The van der Waals surface area contributed by atoms with Gasteiger partial charge in [0, 0.05) is 11.1 Å². The van der Waals surface area contributed by atoms with E-state index in [9.17, 15) is 18.4 Å². The molecule has 4 rings (SSSR count). The summed E-state index contributed by atoms with van der Waals surface area (Å²) in [5.74, 6) is -2.11. The molecular formula is C28H20F2O4. The van der Waals surface area contributed by atoms with Gasteiger partial charge in [-0.05, 0) is 59.7 Å². The third-order valence-electron chi connectivity index (χ3n) is 5.16. The van der Waals surface area contributed by atoms with Crippen LogP contribution in [0.25, 0.3) is 11.1 Å². The van der Waals surface area contributed by atoms with E-state index in [1.807, 2.05) is 0 Å². The Labute approximate surface area is 195 Å². The van der Waals surface area contributed by atoms with Gasteiger partial charge in [0.15, 0.2) is 0 Å². The van der Waals surface area contributed by atoms with Crippen molar-refractivity contribution < 1.29 is 27.8 Å². The average Bonchev–Trinajstić information content (AvgIpc) is 2.87. The SMILES string of the molecule is O=C(OCc1cc(F)ccc1-c1ccc(F)cc1COC(=O)c1ccccc1)c1ccccc1. The maximum atomic E-state index is 14.0. The number of benzene rings is 4. The second-order valence-electron chi connectivity index (χ2n) is 7.49. The summed E-state index contributed by atoms with van der Waals surface area (Å²) in [7, 11) is 0. The van der Waals surface area contributed by atoms with E-state index in [4.69, 9.17) is 9.47 Å². The van der Waals surface area contributed by atoms with E-state index >= 15 is 0 Å². The van der Waals surface area contributed by atoms with Crippen LogP contribution in [0, 0.1) is 11.6 Å². The third-order valence-corrected chi connectivity index (χ3v) is 5.16. The predicted molar refractivity (Wildman–Crippen MR) is 123 cm³/mol. The van der Waals surface area contributed by atoms with Gasteiger partial charge in [0.1, 0.15) is 24.8 Å². The van der Waals surface area contributed by atoms with Crippen molar-refractivity contribution >= 4 is 11.9 Å². The molecule has 6 heteroatoms. The summed E-state index contributed by atoms with van der Waals surface area (Å²) in [4.78, 5) is 24.7. The van der Waals surface area contributed by atoms with Crippen molar-refractivity contribution in [3.8, 4) is 11.1 Å². The first-order chi connectivity index (χ1) is 16.5. The van der Waals surface area contributed by atoms with Crippen molar-refractivity contribution in [2.75, 3.05) is 0 Å². The Hall–Kier alpha value is -4.32. The van der Waals surface area contributed by atoms with Crippen LogP contribution in [0.1, 0.15) is 31.8 Å². The van der Waals surface area contributed by atoms with Gasteiger partial charge in [-0.3, -0.25) is 0 Å². The van der Waals surface area contributed by atoms with E-state index < -0.39 is 23.6 Å². The highest BCUT2D eigenvalue weighted by molar-refractivity contribution is 5.90. The highest BCUT2D eigenvalue weighted by Gasteiger charge is 2.16. The number of esters is 2. The molecule has 0 heterocycles. The van der Waals surface area contributed by atoms with Crippen molar-refractivity contribution in [3.63, 3.8) is 0 Å². The number of carbonyl (C=O) groups excluding carboxylic acids is 2. The second kappa shape index (κ2) is 10.5. The monoisotopic (exact) mass is 458 g/mol. The minimum atomic E-state index is -0.549. The summed E-state index contributed by atoms with van der Waals surface area (Å²) in [5.41, 5.74) is 2.60. The second-order valence-corrected chi connectivity index (χ2v) is 7.49. The van der Waals surface area contributed by atoms with Gasteiger partial charge in [0.2, 0.25) is 0 Å². The highest BCUT2D eigenvalue weighted by atomic mass is 19.1. The Morgan fingerprint density at radius 3 is 1.32 bits per heavy atom. The third kappa shape index (κ3) is 5.53. The average molecular weight is 458 g/mol. The number of carbonyl (C=O) groups is 2. The summed E-state index contributed by atoms with van der Waals surface area (Å²) in [6, 6.07) is 25.0. The molecule has 0 atom stereocenters. The number of halogens is 2. The normalized spacial score (nSPS) is 10.5. The van der Waals surface area contributed by atoms with E-state index in [0.717, 1.165) is 0 Å². The Morgan fingerprint density at radius 1 is 0.559 bits per heavy atom. The van der Waals surface area contributed by atoms with Gasteiger partial charge in [-0.25, -0.2) is 18.4 Å². The molecule has 0 radical (unpaired) electrons. The van der Waals surface area contributed by atoms with Crippen molar-refractivity contribution in [3.05, 3.63) is 131 Å². The van der Waals surface area contributed by atoms with Gasteiger partial charge >= 0.3 is 11.9 Å². The quantitative estimate of drug-likeness (QED) is 0.303. The smallest absolute Gasteiger partial charge is 0.338 e. The highest BCUT2D eigenvalue weighted by Crippen LogP contribution is 2.30. The minimum absolute atomic E-state index is 0.193. The van der Waals surface area contributed by atoms with E-state index in [2.05, 4.69) is 0 Å². The van der Waals surface area contributed by atoms with Gasteiger partial charge in [0.05, 0.1) is 11.1 Å². The first-order valence-electron chi connectivity index (χ1n) is 10.5. The molecule has 0 amide bonds. The Kier molecular flexibility index (Phi) is 7.08. The summed E-state index contributed by atoms with van der Waals surface area (Å²) >= 11 is 0. The molecule has 0 aliphatic rings. The maximum Gasteiger partial charge on any atom is 0.338 e. The molecular weight excluding hydrogens is 438 g/mol. The molecule has 0 aliphatic heterocycles. The summed E-state index contributed by atoms with van der Waals surface area (Å²) in [5, 5.41) is 0. The van der Waals surface area contributed by atoms with Crippen LogP contribution in [-0.4, -0.2) is 11.9 Å². The van der Waals surface area contributed by atoms with Crippen LogP contribution in [0.5, 0.6) is 0 Å². The summed E-state index contributed by atoms with van der Waals surface area (Å²) in [6.07, 6.45) is 0. The molecule has 0 fully saturated rings. The van der Waals surface area contributed by atoms with Gasteiger partial charge in [0.25, 0.3) is 0 Å². The van der Waals surface area contributed by atoms with Crippen LogP contribution < -0.4 is 0 Å². The number of hydrogen-bond donors (Lipinski definition) is 0. The van der Waals surface area contributed by atoms with Gasteiger partial charge in [-0.2, -0.15) is 0 Å². The zero-order valence-electron chi connectivity index (χ0n) is 18.0. The molecule has 4 nitrogen and oxygen atoms in total. The molecule has 0 saturated carbocycles. The molecule has 0 unspecified atom stereocenters. The van der Waals surface area contributed by atoms with E-state index in [0.29, 0.717) is 33.4 Å². The van der Waals surface area contributed by atoms with Crippen molar-refractivity contribution in [2.45, 2.75) is 13.2 Å². The Bertz CT molecular complexity index is 1200. The van der Waals surface area contributed by atoms with E-state index in [1.54, 1.807) is 60.7 Å². The molecule has 170 valence electrons. The van der Waals surface area contributed by atoms with Gasteiger partial charge < -0.3 is 9.47 Å². The zero-order chi connectivity index (χ0) is 23.9. The Balaban J connectivity index is 1.59. The molecule has 0 aromatic heterocycles. The fraction of sp³-hybridized carbons (Fsp3) is 0.0714. The topological polar surface area (TPSA) is 52.6 Å². The van der Waals surface area contributed by atoms with Crippen LogP contribution in [0.4, 0.5) is 8.78 Å². The molecule has 4 aromatic rings. The number of ether oxygens (including phenoxy) is 2. The van der Waals surface area contributed by atoms with E-state index in [-0.39, 0.29) is 13.2 Å². The molecule has 4 aromatic carbocycles. The van der Waals surface area contributed by atoms with Crippen LogP contribution >= 0.6 is 0 Å². The van der Waals surface area contributed by atoms with Crippen LogP contribution in [-0.2, 0) is 22.7 Å². The predicted octanol–water partition coefficient (Wildman–Crippen LogP) is 6.35. The molecule has 0 spiro atoms. The lowest BCUT2D eigenvalue weighted by Gasteiger charge is -2.15. The molecule has 0 saturated heterocycles. The standard InChI is InChI=1S/C28H20F2O4/c29-23-11-13-25(21(15-23)17-33-27(31)19-7-3-1-4-8-19)26-14-12-24(30)16-22(26)18-34-28(32)20-9-5-2-6-10-20/h1-16H,17-18H2. The zero-order valence-corrected chi connectivity index (χ0v) is 18.0. The minimum Gasteiger partial charge on any atom is -0.457 e. The van der Waals surface area contributed by atoms with Crippen LogP contribution in [0.15, 0.2) is 97.1 Å². The lowest BCUT2D eigenvalue weighted by atomic mass is 9.95. The van der Waals surface area contributed by atoms with Gasteiger partial charge in [-0.1, -0.05) is 48.5 Å². The summed E-state index contributed by atoms with van der Waals surface area (Å²) < 4.78 is 38.9. The maximum absolute atomic E-state index is 14.0. The lowest BCUT2D eigenvalue weighted by molar-refractivity contribution is 0.0462. The Morgan fingerprint density at radius 2 is 0.941 bits per heavy atom. The van der Waals surface area contributed by atoms with Crippen molar-refractivity contribution in [2.24, 2.45) is 0 Å². The van der Waals surface area contributed by atoms with Crippen LogP contribution in [0.2, 0.25) is 0 Å². The first kappa shape index (κ1) is 22.9. The molecule has 0 N–H and O–H groups in total. The van der Waals surface area contributed by atoms with Crippen LogP contribution in [0.3, 0.4) is 0 Å². The van der Waals surface area contributed by atoms with Crippen molar-refractivity contribution in [1.82, 2.24) is 0 Å². The molecule has 34 heavy (non-hydrogen) atoms. The summed E-state index contributed by atoms with van der Waals surface area (Å²) in [6.45, 7) is -0.386. The fourth-order valence-electron chi connectivity index (χ4n) is 3.49. The number of hydrogen-bond acceptors (Lipinski definition) is 4. The van der Waals surface area contributed by atoms with E-state index in [1.165, 1.54) is 36.4 Å².